The van der Waals surface area contributed by atoms with Crippen molar-refractivity contribution in [3.8, 4) is 16.3 Å². The Balaban J connectivity index is 1.40. The average molecular weight is 368 g/mol. The van der Waals surface area contributed by atoms with Crippen LogP contribution in [-0.2, 0) is 0 Å². The number of anilines is 1. The first-order valence-electron chi connectivity index (χ1n) is 8.52. The maximum atomic E-state index is 12.6. The third-order valence-electron chi connectivity index (χ3n) is 4.55. The lowest BCUT2D eigenvalue weighted by Crippen LogP contribution is -2.37. The lowest BCUT2D eigenvalue weighted by atomic mass is 10.1. The molecule has 3 aromatic rings. The van der Waals surface area contributed by atoms with Gasteiger partial charge in [0, 0.05) is 25.2 Å². The Morgan fingerprint density at radius 3 is 3.04 bits per heavy atom. The third-order valence-corrected chi connectivity index (χ3v) is 5.45. The molecule has 0 saturated carbocycles. The van der Waals surface area contributed by atoms with Crippen molar-refractivity contribution in [3.63, 3.8) is 0 Å². The van der Waals surface area contributed by atoms with Crippen LogP contribution < -0.4 is 15.0 Å². The monoisotopic (exact) mass is 368 g/mol. The first kappa shape index (κ1) is 16.7. The molecule has 0 spiro atoms. The first-order chi connectivity index (χ1) is 12.7. The summed E-state index contributed by atoms with van der Waals surface area (Å²) in [5.41, 5.74) is 1.59. The number of nitrogens with one attached hydrogen (secondary N) is 2. The van der Waals surface area contributed by atoms with Crippen molar-refractivity contribution in [3.05, 3.63) is 53.4 Å². The fourth-order valence-electron chi connectivity index (χ4n) is 3.21. The maximum absolute atomic E-state index is 12.6. The summed E-state index contributed by atoms with van der Waals surface area (Å²) in [6, 6.07) is 13.5. The SMILES string of the molecule is COc1ccccc1C(=O)N[C@@H]1CCN(c2cc(-c3cccs3)[nH]n2)C1. The average Bonchev–Trinajstić information content (AvgIpc) is 3.41. The zero-order chi connectivity index (χ0) is 17.9. The minimum atomic E-state index is -0.101. The van der Waals surface area contributed by atoms with Crippen molar-refractivity contribution >= 4 is 23.1 Å². The summed E-state index contributed by atoms with van der Waals surface area (Å²) in [7, 11) is 1.58. The predicted molar refractivity (Wildman–Crippen MR) is 103 cm³/mol. The smallest absolute Gasteiger partial charge is 0.255 e. The number of nitrogens with zero attached hydrogens (tertiary/aromatic N) is 2. The number of para-hydroxylation sites is 1. The minimum absolute atomic E-state index is 0.0919. The Labute approximate surface area is 155 Å². The van der Waals surface area contributed by atoms with E-state index < -0.39 is 0 Å². The highest BCUT2D eigenvalue weighted by molar-refractivity contribution is 7.13. The van der Waals surface area contributed by atoms with Crippen molar-refractivity contribution in [1.29, 1.82) is 0 Å². The summed E-state index contributed by atoms with van der Waals surface area (Å²) >= 11 is 1.68. The van der Waals surface area contributed by atoms with E-state index in [2.05, 4.69) is 37.9 Å². The summed E-state index contributed by atoms with van der Waals surface area (Å²) in [6.45, 7) is 1.61. The number of aromatic nitrogens is 2. The molecule has 1 aliphatic rings. The maximum Gasteiger partial charge on any atom is 0.255 e. The van der Waals surface area contributed by atoms with E-state index >= 15 is 0 Å². The number of hydrogen-bond acceptors (Lipinski definition) is 5. The second-order valence-electron chi connectivity index (χ2n) is 6.22. The molecule has 1 amide bonds. The second-order valence-corrected chi connectivity index (χ2v) is 7.17. The normalized spacial score (nSPS) is 16.7. The summed E-state index contributed by atoms with van der Waals surface area (Å²) in [4.78, 5) is 15.9. The van der Waals surface area contributed by atoms with Crippen LogP contribution in [0.15, 0.2) is 47.8 Å². The fourth-order valence-corrected chi connectivity index (χ4v) is 3.91. The Bertz CT molecular complexity index is 891. The molecule has 26 heavy (non-hydrogen) atoms. The number of carbonyl (C=O) groups is 1. The summed E-state index contributed by atoms with van der Waals surface area (Å²) in [6.07, 6.45) is 0.891. The van der Waals surface area contributed by atoms with Gasteiger partial charge < -0.3 is 15.0 Å². The second kappa shape index (κ2) is 7.21. The van der Waals surface area contributed by atoms with Crippen molar-refractivity contribution in [1.82, 2.24) is 15.5 Å². The molecule has 1 aromatic carbocycles. The van der Waals surface area contributed by atoms with Gasteiger partial charge in [0.1, 0.15) is 5.75 Å². The highest BCUT2D eigenvalue weighted by Crippen LogP contribution is 2.27. The van der Waals surface area contributed by atoms with E-state index in [0.29, 0.717) is 11.3 Å². The van der Waals surface area contributed by atoms with Crippen LogP contribution in [0.1, 0.15) is 16.8 Å². The minimum Gasteiger partial charge on any atom is -0.496 e. The van der Waals surface area contributed by atoms with Crippen LogP contribution in [-0.4, -0.2) is 42.3 Å². The molecular weight excluding hydrogens is 348 g/mol. The largest absolute Gasteiger partial charge is 0.496 e. The molecule has 0 aliphatic carbocycles. The van der Waals surface area contributed by atoms with Crippen molar-refractivity contribution in [2.75, 3.05) is 25.1 Å². The first-order valence-corrected chi connectivity index (χ1v) is 9.40. The number of thiophene rings is 1. The summed E-state index contributed by atoms with van der Waals surface area (Å²) in [5.74, 6) is 1.41. The Hall–Kier alpha value is -2.80. The molecule has 1 atom stereocenters. The van der Waals surface area contributed by atoms with Crippen LogP contribution in [0.4, 0.5) is 5.82 Å². The van der Waals surface area contributed by atoms with Crippen LogP contribution in [0.3, 0.4) is 0 Å². The van der Waals surface area contributed by atoms with Gasteiger partial charge in [0.2, 0.25) is 0 Å². The van der Waals surface area contributed by atoms with Crippen LogP contribution in [0.5, 0.6) is 5.75 Å². The molecule has 0 bridgehead atoms. The van der Waals surface area contributed by atoms with E-state index in [1.54, 1.807) is 30.6 Å². The van der Waals surface area contributed by atoms with Crippen LogP contribution in [0, 0.1) is 0 Å². The Kier molecular flexibility index (Phi) is 4.62. The molecule has 3 heterocycles. The quantitative estimate of drug-likeness (QED) is 0.726. The number of benzene rings is 1. The van der Waals surface area contributed by atoms with E-state index in [0.717, 1.165) is 31.0 Å². The van der Waals surface area contributed by atoms with Gasteiger partial charge in [0.25, 0.3) is 5.91 Å². The fraction of sp³-hybridized carbons (Fsp3) is 0.263. The number of aromatic amines is 1. The zero-order valence-electron chi connectivity index (χ0n) is 14.4. The number of rotatable bonds is 5. The van der Waals surface area contributed by atoms with Crippen LogP contribution in [0.25, 0.3) is 10.6 Å². The van der Waals surface area contributed by atoms with E-state index in [1.807, 2.05) is 18.2 Å². The summed E-state index contributed by atoms with van der Waals surface area (Å²) in [5, 5.41) is 12.7. The highest BCUT2D eigenvalue weighted by atomic mass is 32.1. The molecule has 4 rings (SSSR count). The van der Waals surface area contributed by atoms with Gasteiger partial charge in [-0.05, 0) is 30.0 Å². The Morgan fingerprint density at radius 2 is 2.23 bits per heavy atom. The lowest BCUT2D eigenvalue weighted by Gasteiger charge is -2.16. The third kappa shape index (κ3) is 3.30. The molecule has 1 saturated heterocycles. The molecule has 6 nitrogen and oxygen atoms in total. The van der Waals surface area contributed by atoms with Gasteiger partial charge >= 0.3 is 0 Å². The van der Waals surface area contributed by atoms with Gasteiger partial charge in [0.05, 0.1) is 23.2 Å². The van der Waals surface area contributed by atoms with Gasteiger partial charge in [-0.2, -0.15) is 5.10 Å². The van der Waals surface area contributed by atoms with Gasteiger partial charge in [-0.15, -0.1) is 11.3 Å². The number of H-pyrrole nitrogens is 1. The zero-order valence-corrected chi connectivity index (χ0v) is 15.3. The number of carbonyl (C=O) groups excluding carboxylic acids is 1. The van der Waals surface area contributed by atoms with Gasteiger partial charge in [-0.25, -0.2) is 0 Å². The molecule has 2 aromatic heterocycles. The van der Waals surface area contributed by atoms with Gasteiger partial charge in [-0.3, -0.25) is 9.89 Å². The van der Waals surface area contributed by atoms with Crippen molar-refractivity contribution in [2.45, 2.75) is 12.5 Å². The van der Waals surface area contributed by atoms with E-state index in [1.165, 1.54) is 4.88 Å². The van der Waals surface area contributed by atoms with E-state index in [9.17, 15) is 4.79 Å². The molecule has 0 radical (unpaired) electrons. The number of methoxy groups -OCH3 is 1. The number of amides is 1. The standard InChI is InChI=1S/C19H20N4O2S/c1-25-16-6-3-2-5-14(16)19(24)20-13-8-9-23(12-13)18-11-15(21-22-18)17-7-4-10-26-17/h2-7,10-11,13H,8-9,12H2,1H3,(H,20,24)(H,21,22)/t13-/m1/s1. The molecule has 134 valence electrons. The lowest BCUT2D eigenvalue weighted by molar-refractivity contribution is 0.0937. The highest BCUT2D eigenvalue weighted by Gasteiger charge is 2.26. The van der Waals surface area contributed by atoms with Crippen LogP contribution >= 0.6 is 11.3 Å². The molecule has 1 fully saturated rings. The molecule has 1 aliphatic heterocycles. The van der Waals surface area contributed by atoms with Crippen molar-refractivity contribution in [2.24, 2.45) is 0 Å². The van der Waals surface area contributed by atoms with Gasteiger partial charge in [-0.1, -0.05) is 18.2 Å². The predicted octanol–water partition coefficient (Wildman–Crippen LogP) is 3.16. The molecular formula is C19H20N4O2S. The number of ether oxygens (including phenoxy) is 1. The molecule has 2 N–H and O–H groups in total. The Morgan fingerprint density at radius 1 is 1.35 bits per heavy atom. The van der Waals surface area contributed by atoms with E-state index in [4.69, 9.17) is 4.74 Å². The molecule has 0 unspecified atom stereocenters. The molecule has 7 heteroatoms. The number of hydrogen-bond donors (Lipinski definition) is 2. The van der Waals surface area contributed by atoms with Gasteiger partial charge in [0.15, 0.2) is 5.82 Å². The van der Waals surface area contributed by atoms with Crippen molar-refractivity contribution < 1.29 is 9.53 Å². The summed E-state index contributed by atoms with van der Waals surface area (Å²) < 4.78 is 5.28. The topological polar surface area (TPSA) is 70.2 Å². The van der Waals surface area contributed by atoms with E-state index in [-0.39, 0.29) is 11.9 Å². The van der Waals surface area contributed by atoms with Crippen LogP contribution in [0.2, 0.25) is 0 Å².